The largest absolute Gasteiger partial charge is 0.371 e. The zero-order chi connectivity index (χ0) is 7.56. The van der Waals surface area contributed by atoms with Gasteiger partial charge < -0.3 is 9.64 Å². The van der Waals surface area contributed by atoms with Crippen LogP contribution in [-0.2, 0) is 9.53 Å². The summed E-state index contributed by atoms with van der Waals surface area (Å²) in [5.74, 6) is 0.190. The van der Waals surface area contributed by atoms with Gasteiger partial charge in [0.15, 0.2) is 0 Å². The van der Waals surface area contributed by atoms with E-state index in [0.29, 0.717) is 12.5 Å². The van der Waals surface area contributed by atoms with Gasteiger partial charge in [-0.15, -0.1) is 0 Å². The molecule has 3 heteroatoms. The van der Waals surface area contributed by atoms with Crippen LogP contribution in [0.3, 0.4) is 0 Å². The molecule has 1 rings (SSSR count). The molecule has 1 heterocycles. The van der Waals surface area contributed by atoms with Gasteiger partial charge in [0.2, 0.25) is 5.91 Å². The normalized spacial score (nSPS) is 22.4. The molecule has 0 aromatic carbocycles. The van der Waals surface area contributed by atoms with Crippen molar-refractivity contribution >= 4 is 5.91 Å². The van der Waals surface area contributed by atoms with Crippen LogP contribution in [0, 0.1) is 0 Å². The van der Waals surface area contributed by atoms with Crippen molar-refractivity contribution in [2.24, 2.45) is 0 Å². The van der Waals surface area contributed by atoms with Crippen LogP contribution >= 0.6 is 0 Å². The molecule has 58 valence electrons. The Morgan fingerprint density at radius 2 is 2.40 bits per heavy atom. The van der Waals surface area contributed by atoms with Gasteiger partial charge >= 0.3 is 0 Å². The molecule has 0 bridgehead atoms. The fourth-order valence-electron chi connectivity index (χ4n) is 0.851. The molecule has 1 atom stereocenters. The van der Waals surface area contributed by atoms with Crippen molar-refractivity contribution in [3.63, 3.8) is 0 Å². The number of hydrogen-bond acceptors (Lipinski definition) is 2. The van der Waals surface area contributed by atoms with E-state index < -0.39 is 0 Å². The summed E-state index contributed by atoms with van der Waals surface area (Å²) in [7, 11) is 1.81. The summed E-state index contributed by atoms with van der Waals surface area (Å²) in [6.45, 7) is 3.45. The van der Waals surface area contributed by atoms with Crippen LogP contribution in [0.25, 0.3) is 0 Å². The van der Waals surface area contributed by atoms with Crippen molar-refractivity contribution in [1.82, 2.24) is 4.90 Å². The lowest BCUT2D eigenvalue weighted by Crippen LogP contribution is -2.29. The maximum Gasteiger partial charge on any atom is 0.222 e. The van der Waals surface area contributed by atoms with Gasteiger partial charge in [-0.3, -0.25) is 4.79 Å². The lowest BCUT2D eigenvalue weighted by Gasteiger charge is -2.13. The molecule has 0 N–H and O–H groups in total. The number of carbonyl (C=O) groups is 1. The summed E-state index contributed by atoms with van der Waals surface area (Å²) in [5.41, 5.74) is 0. The predicted octanol–water partition coefficient (Wildman–Crippen LogP) is 0.254. The molecule has 1 aliphatic rings. The van der Waals surface area contributed by atoms with E-state index in [1.165, 1.54) is 0 Å². The first-order valence-electron chi connectivity index (χ1n) is 3.59. The van der Waals surface area contributed by atoms with Gasteiger partial charge in [-0.25, -0.2) is 0 Å². The minimum Gasteiger partial charge on any atom is -0.371 e. The minimum absolute atomic E-state index is 0.190. The Kier molecular flexibility index (Phi) is 2.27. The molecule has 0 spiro atoms. The van der Waals surface area contributed by atoms with Gasteiger partial charge in [-0.1, -0.05) is 6.92 Å². The SMILES string of the molecule is CCC(=O)N(C)CC1CO1. The van der Waals surface area contributed by atoms with Crippen molar-refractivity contribution in [1.29, 1.82) is 0 Å². The van der Waals surface area contributed by atoms with E-state index in [1.807, 2.05) is 14.0 Å². The fraction of sp³-hybridized carbons (Fsp3) is 0.857. The molecule has 0 aliphatic carbocycles. The number of epoxide rings is 1. The maximum atomic E-state index is 10.9. The Morgan fingerprint density at radius 1 is 1.80 bits per heavy atom. The first kappa shape index (κ1) is 7.54. The third-order valence-electron chi connectivity index (χ3n) is 1.61. The summed E-state index contributed by atoms with van der Waals surface area (Å²) in [5, 5.41) is 0. The second-order valence-corrected chi connectivity index (χ2v) is 2.58. The molecule has 3 nitrogen and oxygen atoms in total. The number of nitrogens with zero attached hydrogens (tertiary/aromatic N) is 1. The number of likely N-dealkylation sites (N-methyl/N-ethyl adjacent to an activating group) is 1. The molecule has 0 aromatic rings. The van der Waals surface area contributed by atoms with Crippen LogP contribution in [0.2, 0.25) is 0 Å². The summed E-state index contributed by atoms with van der Waals surface area (Å²) in [6.07, 6.45) is 0.906. The Balaban J connectivity index is 2.18. The first-order valence-corrected chi connectivity index (χ1v) is 3.59. The average molecular weight is 143 g/mol. The maximum absolute atomic E-state index is 10.9. The van der Waals surface area contributed by atoms with Crippen molar-refractivity contribution in [2.75, 3.05) is 20.2 Å². The van der Waals surface area contributed by atoms with E-state index in [0.717, 1.165) is 13.2 Å². The quantitative estimate of drug-likeness (QED) is 0.531. The highest BCUT2D eigenvalue weighted by Crippen LogP contribution is 2.09. The standard InChI is InChI=1S/C7H13NO2/c1-3-7(9)8(2)4-6-5-10-6/h6H,3-5H2,1-2H3. The first-order chi connectivity index (χ1) is 4.74. The number of hydrogen-bond donors (Lipinski definition) is 0. The van der Waals surface area contributed by atoms with Crippen LogP contribution in [-0.4, -0.2) is 37.1 Å². The van der Waals surface area contributed by atoms with Crippen LogP contribution in [0.15, 0.2) is 0 Å². The van der Waals surface area contributed by atoms with Crippen molar-refractivity contribution in [2.45, 2.75) is 19.4 Å². The molecule has 1 unspecified atom stereocenters. The fourth-order valence-corrected chi connectivity index (χ4v) is 0.851. The average Bonchev–Trinajstić information content (AvgIpc) is 2.70. The molecule has 1 saturated heterocycles. The molecule has 0 aromatic heterocycles. The van der Waals surface area contributed by atoms with Crippen LogP contribution < -0.4 is 0 Å². The number of amides is 1. The Bertz CT molecular complexity index is 132. The summed E-state index contributed by atoms with van der Waals surface area (Å²) in [6, 6.07) is 0. The van der Waals surface area contributed by atoms with E-state index in [2.05, 4.69) is 0 Å². The number of ether oxygens (including phenoxy) is 1. The molecule has 1 amide bonds. The lowest BCUT2D eigenvalue weighted by atomic mass is 10.4. The van der Waals surface area contributed by atoms with Gasteiger partial charge in [0.05, 0.1) is 12.7 Å². The highest BCUT2D eigenvalue weighted by molar-refractivity contribution is 5.75. The molecule has 0 radical (unpaired) electrons. The summed E-state index contributed by atoms with van der Waals surface area (Å²) >= 11 is 0. The second kappa shape index (κ2) is 3.01. The molecule has 1 aliphatic heterocycles. The molecule has 1 fully saturated rings. The Morgan fingerprint density at radius 3 is 2.80 bits per heavy atom. The van der Waals surface area contributed by atoms with Gasteiger partial charge in [0.25, 0.3) is 0 Å². The van der Waals surface area contributed by atoms with E-state index >= 15 is 0 Å². The third-order valence-corrected chi connectivity index (χ3v) is 1.61. The lowest BCUT2D eigenvalue weighted by molar-refractivity contribution is -0.129. The zero-order valence-corrected chi connectivity index (χ0v) is 6.46. The Labute approximate surface area is 61.0 Å². The van der Waals surface area contributed by atoms with Crippen molar-refractivity contribution in [3.8, 4) is 0 Å². The summed E-state index contributed by atoms with van der Waals surface area (Å²) in [4.78, 5) is 12.7. The number of rotatable bonds is 3. The summed E-state index contributed by atoms with van der Waals surface area (Å²) < 4.78 is 4.98. The highest BCUT2D eigenvalue weighted by atomic mass is 16.6. The van der Waals surface area contributed by atoms with Gasteiger partial charge in [0.1, 0.15) is 0 Å². The van der Waals surface area contributed by atoms with Crippen LogP contribution in [0.1, 0.15) is 13.3 Å². The van der Waals surface area contributed by atoms with Crippen molar-refractivity contribution < 1.29 is 9.53 Å². The minimum atomic E-state index is 0.190. The highest BCUT2D eigenvalue weighted by Gasteiger charge is 2.25. The van der Waals surface area contributed by atoms with E-state index in [1.54, 1.807) is 4.90 Å². The van der Waals surface area contributed by atoms with Gasteiger partial charge in [0, 0.05) is 20.0 Å². The van der Waals surface area contributed by atoms with Gasteiger partial charge in [-0.2, -0.15) is 0 Å². The predicted molar refractivity (Wildman–Crippen MR) is 37.7 cm³/mol. The molecule has 0 saturated carbocycles. The van der Waals surface area contributed by atoms with Gasteiger partial charge in [-0.05, 0) is 0 Å². The number of carbonyl (C=O) groups excluding carboxylic acids is 1. The molecular weight excluding hydrogens is 130 g/mol. The monoisotopic (exact) mass is 143 g/mol. The molecular formula is C7H13NO2. The van der Waals surface area contributed by atoms with E-state index in [-0.39, 0.29) is 5.91 Å². The van der Waals surface area contributed by atoms with Crippen molar-refractivity contribution in [3.05, 3.63) is 0 Å². The second-order valence-electron chi connectivity index (χ2n) is 2.58. The topological polar surface area (TPSA) is 32.8 Å². The van der Waals surface area contributed by atoms with Crippen LogP contribution in [0.4, 0.5) is 0 Å². The Hall–Kier alpha value is -0.570. The van der Waals surface area contributed by atoms with E-state index in [4.69, 9.17) is 4.74 Å². The van der Waals surface area contributed by atoms with Crippen LogP contribution in [0.5, 0.6) is 0 Å². The zero-order valence-electron chi connectivity index (χ0n) is 6.46. The third kappa shape index (κ3) is 1.99. The van der Waals surface area contributed by atoms with E-state index in [9.17, 15) is 4.79 Å². The molecule has 10 heavy (non-hydrogen) atoms. The smallest absolute Gasteiger partial charge is 0.222 e.